The van der Waals surface area contributed by atoms with E-state index < -0.39 is 10.0 Å². The zero-order chi connectivity index (χ0) is 17.9. The minimum atomic E-state index is -3.65. The van der Waals surface area contributed by atoms with E-state index in [0.717, 1.165) is 13.1 Å². The minimum Gasteiger partial charge on any atom is -0.326 e. The molecule has 2 aromatic rings. The fourth-order valence-electron chi connectivity index (χ4n) is 2.57. The van der Waals surface area contributed by atoms with Crippen LogP contribution in [-0.4, -0.2) is 27.4 Å². The zero-order valence-electron chi connectivity index (χ0n) is 14.3. The molecule has 0 aromatic heterocycles. The third kappa shape index (κ3) is 4.75. The molecule has 8 heteroatoms. The number of nitrogens with one attached hydrogen (secondary N) is 3. The fourth-order valence-corrected chi connectivity index (χ4v) is 3.63. The van der Waals surface area contributed by atoms with E-state index in [-0.39, 0.29) is 29.1 Å². The second-order valence-corrected chi connectivity index (χ2v) is 7.87. The van der Waals surface area contributed by atoms with Gasteiger partial charge in [0.25, 0.3) is 10.0 Å². The Balaban J connectivity index is 0.00000243. The summed E-state index contributed by atoms with van der Waals surface area (Å²) in [5, 5.41) is 5.99. The Kier molecular flexibility index (Phi) is 6.63. The number of hydrogen-bond donors (Lipinski definition) is 3. The summed E-state index contributed by atoms with van der Waals surface area (Å²) >= 11 is 0. The number of hydrogen-bond acceptors (Lipinski definition) is 4. The third-order valence-corrected chi connectivity index (χ3v) is 5.79. The molecule has 0 bridgehead atoms. The monoisotopic (exact) mass is 395 g/mol. The summed E-state index contributed by atoms with van der Waals surface area (Å²) in [5.74, 6) is 0.226. The van der Waals surface area contributed by atoms with Crippen LogP contribution in [0.2, 0.25) is 0 Å². The maximum atomic E-state index is 12.4. The second kappa shape index (κ2) is 8.53. The molecule has 0 aliphatic carbocycles. The molecule has 3 N–H and O–H groups in total. The first-order valence-corrected chi connectivity index (χ1v) is 9.63. The van der Waals surface area contributed by atoms with Gasteiger partial charge in [-0.25, -0.2) is 8.42 Å². The van der Waals surface area contributed by atoms with Gasteiger partial charge in [0.1, 0.15) is 0 Å². The average molecular weight is 396 g/mol. The molecule has 2 aromatic carbocycles. The van der Waals surface area contributed by atoms with Gasteiger partial charge in [-0.05, 0) is 55.4 Å². The standard InChI is InChI=1S/C18H21N3O3S.ClH/c1-13(14-11-19-12-14)18(22)20-15-7-9-17(10-8-15)25(23,24)21-16-5-3-2-4-6-16;/h2-10,13-14,19,21H,11-12H2,1H3,(H,20,22);1H. The maximum Gasteiger partial charge on any atom is 0.261 e. The highest BCUT2D eigenvalue weighted by Crippen LogP contribution is 2.21. The molecule has 140 valence electrons. The number of carbonyl (C=O) groups excluding carboxylic acids is 1. The smallest absolute Gasteiger partial charge is 0.261 e. The number of halogens is 1. The van der Waals surface area contributed by atoms with Gasteiger partial charge in [-0.15, -0.1) is 12.4 Å². The van der Waals surface area contributed by atoms with E-state index in [1.165, 1.54) is 12.1 Å². The van der Waals surface area contributed by atoms with Crippen LogP contribution in [-0.2, 0) is 14.8 Å². The Bertz CT molecular complexity index is 838. The quantitative estimate of drug-likeness (QED) is 0.701. The Hall–Kier alpha value is -2.09. The maximum absolute atomic E-state index is 12.4. The van der Waals surface area contributed by atoms with E-state index in [0.29, 0.717) is 17.3 Å². The van der Waals surface area contributed by atoms with Crippen molar-refractivity contribution in [2.75, 3.05) is 23.1 Å². The number of benzene rings is 2. The van der Waals surface area contributed by atoms with Crippen LogP contribution in [0.25, 0.3) is 0 Å². The van der Waals surface area contributed by atoms with Crippen LogP contribution in [0.1, 0.15) is 6.92 Å². The number of rotatable bonds is 6. The highest BCUT2D eigenvalue weighted by molar-refractivity contribution is 7.92. The van der Waals surface area contributed by atoms with Gasteiger partial charge >= 0.3 is 0 Å². The van der Waals surface area contributed by atoms with Gasteiger partial charge in [-0.1, -0.05) is 25.1 Å². The molecule has 1 heterocycles. The van der Waals surface area contributed by atoms with Crippen molar-refractivity contribution in [3.63, 3.8) is 0 Å². The SMILES string of the molecule is CC(C(=O)Nc1ccc(S(=O)(=O)Nc2ccccc2)cc1)C1CNC1.Cl. The first-order valence-electron chi connectivity index (χ1n) is 8.15. The molecule has 1 atom stereocenters. The Labute approximate surface area is 159 Å². The van der Waals surface area contributed by atoms with Gasteiger partial charge in [0.05, 0.1) is 4.90 Å². The molecule has 0 spiro atoms. The Morgan fingerprint density at radius 3 is 2.19 bits per heavy atom. The van der Waals surface area contributed by atoms with Crippen LogP contribution in [0.5, 0.6) is 0 Å². The van der Waals surface area contributed by atoms with Gasteiger partial charge < -0.3 is 10.6 Å². The molecule has 1 unspecified atom stereocenters. The topological polar surface area (TPSA) is 87.3 Å². The summed E-state index contributed by atoms with van der Waals surface area (Å²) in [6, 6.07) is 14.9. The Morgan fingerprint density at radius 2 is 1.65 bits per heavy atom. The van der Waals surface area contributed by atoms with Crippen LogP contribution in [0.4, 0.5) is 11.4 Å². The highest BCUT2D eigenvalue weighted by Gasteiger charge is 2.28. The molecule has 1 saturated heterocycles. The van der Waals surface area contributed by atoms with Crippen molar-refractivity contribution in [1.82, 2.24) is 5.32 Å². The summed E-state index contributed by atoms with van der Waals surface area (Å²) in [4.78, 5) is 12.3. The number of anilines is 2. The van der Waals surface area contributed by atoms with Gasteiger partial charge in [0.2, 0.25) is 5.91 Å². The van der Waals surface area contributed by atoms with Crippen molar-refractivity contribution >= 4 is 39.7 Å². The summed E-state index contributed by atoms with van der Waals surface area (Å²) in [6.07, 6.45) is 0. The van der Waals surface area contributed by atoms with E-state index in [1.807, 2.05) is 13.0 Å². The number of para-hydroxylation sites is 1. The number of carbonyl (C=O) groups is 1. The van der Waals surface area contributed by atoms with Crippen LogP contribution in [0.15, 0.2) is 59.5 Å². The first kappa shape index (κ1) is 20.2. The van der Waals surface area contributed by atoms with Crippen molar-refractivity contribution in [1.29, 1.82) is 0 Å². The molecule has 3 rings (SSSR count). The van der Waals surface area contributed by atoms with E-state index in [9.17, 15) is 13.2 Å². The van der Waals surface area contributed by atoms with Crippen molar-refractivity contribution in [2.24, 2.45) is 11.8 Å². The van der Waals surface area contributed by atoms with Crippen molar-refractivity contribution in [3.8, 4) is 0 Å². The molecule has 1 aliphatic rings. The summed E-state index contributed by atoms with van der Waals surface area (Å²) in [6.45, 7) is 3.62. The first-order chi connectivity index (χ1) is 12.0. The molecule has 6 nitrogen and oxygen atoms in total. The predicted molar refractivity (Wildman–Crippen MR) is 105 cm³/mol. The lowest BCUT2D eigenvalue weighted by Gasteiger charge is -2.31. The summed E-state index contributed by atoms with van der Waals surface area (Å²) in [5.41, 5.74) is 1.09. The predicted octanol–water partition coefficient (Wildman–Crippen LogP) is 2.70. The van der Waals surface area contributed by atoms with Crippen molar-refractivity contribution < 1.29 is 13.2 Å². The highest BCUT2D eigenvalue weighted by atomic mass is 35.5. The van der Waals surface area contributed by atoms with Gasteiger partial charge in [-0.3, -0.25) is 9.52 Å². The van der Waals surface area contributed by atoms with Crippen LogP contribution >= 0.6 is 12.4 Å². The summed E-state index contributed by atoms with van der Waals surface area (Å²) in [7, 11) is -3.65. The van der Waals surface area contributed by atoms with Gasteiger partial charge in [-0.2, -0.15) is 0 Å². The molecule has 1 amide bonds. The lowest BCUT2D eigenvalue weighted by Crippen LogP contribution is -2.48. The van der Waals surface area contributed by atoms with Crippen LogP contribution in [0, 0.1) is 11.8 Å². The molecule has 0 saturated carbocycles. The fraction of sp³-hybridized carbons (Fsp3) is 0.278. The van der Waals surface area contributed by atoms with Crippen molar-refractivity contribution in [2.45, 2.75) is 11.8 Å². The van der Waals surface area contributed by atoms with E-state index >= 15 is 0 Å². The molecule has 1 aliphatic heterocycles. The van der Waals surface area contributed by atoms with E-state index in [4.69, 9.17) is 0 Å². The Morgan fingerprint density at radius 1 is 1.04 bits per heavy atom. The normalized spacial score (nSPS) is 15.3. The number of sulfonamides is 1. The summed E-state index contributed by atoms with van der Waals surface area (Å²) < 4.78 is 27.3. The number of amides is 1. The van der Waals surface area contributed by atoms with Crippen LogP contribution in [0.3, 0.4) is 0 Å². The zero-order valence-corrected chi connectivity index (χ0v) is 15.9. The van der Waals surface area contributed by atoms with Gasteiger partial charge in [0, 0.05) is 17.3 Å². The second-order valence-electron chi connectivity index (χ2n) is 6.19. The minimum absolute atomic E-state index is 0. The average Bonchev–Trinajstić information content (AvgIpc) is 2.54. The molecule has 0 radical (unpaired) electrons. The molecule has 26 heavy (non-hydrogen) atoms. The van der Waals surface area contributed by atoms with Gasteiger partial charge in [0.15, 0.2) is 0 Å². The van der Waals surface area contributed by atoms with Crippen molar-refractivity contribution in [3.05, 3.63) is 54.6 Å². The van der Waals surface area contributed by atoms with E-state index in [1.54, 1.807) is 36.4 Å². The lowest BCUT2D eigenvalue weighted by atomic mass is 9.88. The molecule has 1 fully saturated rings. The van der Waals surface area contributed by atoms with E-state index in [2.05, 4.69) is 15.4 Å². The lowest BCUT2D eigenvalue weighted by molar-refractivity contribution is -0.121. The third-order valence-electron chi connectivity index (χ3n) is 4.39. The molecular formula is C18H22ClN3O3S. The largest absolute Gasteiger partial charge is 0.326 e. The van der Waals surface area contributed by atoms with Crippen LogP contribution < -0.4 is 15.4 Å². The molecular weight excluding hydrogens is 374 g/mol.